The lowest BCUT2D eigenvalue weighted by atomic mass is 10.5. The zero-order chi connectivity index (χ0) is 6.24. The van der Waals surface area contributed by atoms with E-state index in [0.29, 0.717) is 0 Å². The predicted octanol–water partition coefficient (Wildman–Crippen LogP) is 1.80. The molecule has 0 saturated carbocycles. The summed E-state index contributed by atoms with van der Waals surface area (Å²) < 4.78 is 5.07. The molecule has 0 amide bonds. The Morgan fingerprint density at radius 2 is 2.38 bits per heavy atom. The highest BCUT2D eigenvalue weighted by Crippen LogP contribution is 1.79. The van der Waals surface area contributed by atoms with Crippen LogP contribution in [0, 0.1) is 6.92 Å². The van der Waals surface area contributed by atoms with Crippen LogP contribution in [0.5, 0.6) is 0 Å². The van der Waals surface area contributed by atoms with Crippen molar-refractivity contribution >= 4 is 0 Å². The van der Waals surface area contributed by atoms with Crippen molar-refractivity contribution in [3.63, 3.8) is 0 Å². The first-order valence-corrected chi connectivity index (χ1v) is 2.90. The van der Waals surface area contributed by atoms with Crippen molar-refractivity contribution in [3.05, 3.63) is 19.1 Å². The summed E-state index contributed by atoms with van der Waals surface area (Å²) in [4.78, 5) is 0. The van der Waals surface area contributed by atoms with Crippen LogP contribution in [0.25, 0.3) is 0 Å². The molecule has 0 aromatic carbocycles. The average molecular weight is 113 g/mol. The maximum atomic E-state index is 5.07. The fraction of sp³-hybridized carbons (Fsp3) is 0.571. The highest BCUT2D eigenvalue weighted by atomic mass is 16.5. The number of allylic oxidation sites excluding steroid dienone is 1. The van der Waals surface area contributed by atoms with Crippen molar-refractivity contribution in [1.82, 2.24) is 0 Å². The number of ether oxygens (including phenoxy) is 1. The third-order valence-electron chi connectivity index (χ3n) is 0.738. The van der Waals surface area contributed by atoms with Crippen LogP contribution in [0.4, 0.5) is 0 Å². The van der Waals surface area contributed by atoms with E-state index in [4.69, 9.17) is 4.74 Å². The highest BCUT2D eigenvalue weighted by molar-refractivity contribution is 4.75. The topological polar surface area (TPSA) is 9.23 Å². The Hall–Kier alpha value is -0.300. The number of rotatable bonds is 4. The van der Waals surface area contributed by atoms with E-state index in [9.17, 15) is 0 Å². The molecule has 0 fully saturated rings. The van der Waals surface area contributed by atoms with Gasteiger partial charge in [0.05, 0.1) is 6.61 Å². The molecular weight excluding hydrogens is 100 g/mol. The van der Waals surface area contributed by atoms with Crippen molar-refractivity contribution in [2.45, 2.75) is 13.3 Å². The second-order valence-electron chi connectivity index (χ2n) is 1.50. The van der Waals surface area contributed by atoms with Crippen LogP contribution in [0.3, 0.4) is 0 Å². The average Bonchev–Trinajstić information content (AvgIpc) is 1.81. The summed E-state index contributed by atoms with van der Waals surface area (Å²) in [7, 11) is 0. The lowest BCUT2D eigenvalue weighted by Crippen LogP contribution is -1.90. The molecule has 0 N–H and O–H groups in total. The summed E-state index contributed by atoms with van der Waals surface area (Å²) in [6, 6.07) is 0. The normalized spacial score (nSPS) is 10.8. The van der Waals surface area contributed by atoms with E-state index in [1.54, 1.807) is 0 Å². The van der Waals surface area contributed by atoms with E-state index in [1.807, 2.05) is 19.1 Å². The Balaban J connectivity index is 2.72. The Bertz CT molecular complexity index is 57.4. The Morgan fingerprint density at radius 3 is 2.88 bits per heavy atom. The molecular formula is C7H13O. The quantitative estimate of drug-likeness (QED) is 0.399. The Labute approximate surface area is 51.4 Å². The van der Waals surface area contributed by atoms with Gasteiger partial charge in [0.25, 0.3) is 0 Å². The minimum absolute atomic E-state index is 0.728. The minimum atomic E-state index is 0.728. The molecule has 0 bridgehead atoms. The molecule has 0 aliphatic carbocycles. The van der Waals surface area contributed by atoms with Gasteiger partial charge in [0.1, 0.15) is 0 Å². The van der Waals surface area contributed by atoms with Gasteiger partial charge >= 0.3 is 0 Å². The first kappa shape index (κ1) is 7.70. The van der Waals surface area contributed by atoms with Gasteiger partial charge in [-0.3, -0.25) is 0 Å². The van der Waals surface area contributed by atoms with Crippen molar-refractivity contribution in [3.8, 4) is 0 Å². The lowest BCUT2D eigenvalue weighted by Gasteiger charge is -1.93. The predicted molar refractivity (Wildman–Crippen MR) is 35.6 cm³/mol. The van der Waals surface area contributed by atoms with Gasteiger partial charge in [0.15, 0.2) is 0 Å². The number of hydrogen-bond donors (Lipinski definition) is 0. The van der Waals surface area contributed by atoms with Gasteiger partial charge in [-0.25, -0.2) is 0 Å². The van der Waals surface area contributed by atoms with Crippen LogP contribution in [0.15, 0.2) is 12.2 Å². The van der Waals surface area contributed by atoms with E-state index >= 15 is 0 Å². The molecule has 0 aliphatic heterocycles. The lowest BCUT2D eigenvalue weighted by molar-refractivity contribution is 0.167. The van der Waals surface area contributed by atoms with Gasteiger partial charge in [-0.15, -0.1) is 0 Å². The van der Waals surface area contributed by atoms with E-state index < -0.39 is 0 Å². The Morgan fingerprint density at radius 1 is 1.62 bits per heavy atom. The van der Waals surface area contributed by atoms with E-state index in [1.165, 1.54) is 0 Å². The van der Waals surface area contributed by atoms with Crippen molar-refractivity contribution in [2.24, 2.45) is 0 Å². The molecule has 0 spiro atoms. The van der Waals surface area contributed by atoms with Gasteiger partial charge in [-0.1, -0.05) is 19.1 Å². The molecule has 1 heteroatoms. The molecule has 1 radical (unpaired) electrons. The molecule has 47 valence electrons. The van der Waals surface area contributed by atoms with Gasteiger partial charge in [-0.05, 0) is 13.3 Å². The fourth-order valence-electron chi connectivity index (χ4n) is 0.350. The summed E-state index contributed by atoms with van der Waals surface area (Å²) in [6.07, 6.45) is 4.82. The van der Waals surface area contributed by atoms with Crippen molar-refractivity contribution in [1.29, 1.82) is 0 Å². The maximum absolute atomic E-state index is 5.07. The van der Waals surface area contributed by atoms with Crippen molar-refractivity contribution < 1.29 is 4.74 Å². The molecule has 0 aromatic heterocycles. The fourth-order valence-corrected chi connectivity index (χ4v) is 0.350. The summed E-state index contributed by atoms with van der Waals surface area (Å²) in [5.74, 6) is 0. The SMILES string of the molecule is [CH2]CCOCC=CC. The molecule has 0 unspecified atom stereocenters. The molecule has 0 aliphatic rings. The molecule has 0 atom stereocenters. The van der Waals surface area contributed by atoms with Gasteiger partial charge in [0, 0.05) is 6.61 Å². The molecule has 0 saturated heterocycles. The summed E-state index contributed by atoms with van der Waals surface area (Å²) in [5.41, 5.74) is 0. The van der Waals surface area contributed by atoms with Crippen LogP contribution in [0.1, 0.15) is 13.3 Å². The second-order valence-corrected chi connectivity index (χ2v) is 1.50. The van der Waals surface area contributed by atoms with E-state index in [-0.39, 0.29) is 0 Å². The standard InChI is InChI=1S/C7H13O/c1-3-5-7-8-6-4-2/h3,5H,2,4,6-7H2,1H3. The first-order chi connectivity index (χ1) is 3.91. The van der Waals surface area contributed by atoms with Crippen LogP contribution in [-0.2, 0) is 4.74 Å². The van der Waals surface area contributed by atoms with E-state index in [2.05, 4.69) is 6.92 Å². The summed E-state index contributed by atoms with van der Waals surface area (Å²) in [5, 5.41) is 0. The summed E-state index contributed by atoms with van der Waals surface area (Å²) in [6.45, 7) is 7.11. The molecule has 1 nitrogen and oxygen atoms in total. The Kier molecular flexibility index (Phi) is 6.45. The zero-order valence-corrected chi connectivity index (χ0v) is 5.39. The zero-order valence-electron chi connectivity index (χ0n) is 5.39. The van der Waals surface area contributed by atoms with Crippen molar-refractivity contribution in [2.75, 3.05) is 13.2 Å². The highest BCUT2D eigenvalue weighted by Gasteiger charge is 1.76. The minimum Gasteiger partial charge on any atom is -0.377 e. The largest absolute Gasteiger partial charge is 0.377 e. The molecule has 0 heterocycles. The van der Waals surface area contributed by atoms with Crippen LogP contribution in [-0.4, -0.2) is 13.2 Å². The maximum Gasteiger partial charge on any atom is 0.0647 e. The van der Waals surface area contributed by atoms with Crippen LogP contribution >= 0.6 is 0 Å². The monoisotopic (exact) mass is 113 g/mol. The molecule has 8 heavy (non-hydrogen) atoms. The molecule has 0 rings (SSSR count). The van der Waals surface area contributed by atoms with E-state index in [0.717, 1.165) is 19.6 Å². The second kappa shape index (κ2) is 6.70. The first-order valence-electron chi connectivity index (χ1n) is 2.90. The van der Waals surface area contributed by atoms with Crippen LogP contribution in [0.2, 0.25) is 0 Å². The third-order valence-corrected chi connectivity index (χ3v) is 0.738. The number of hydrogen-bond acceptors (Lipinski definition) is 1. The smallest absolute Gasteiger partial charge is 0.0647 e. The van der Waals surface area contributed by atoms with Gasteiger partial charge in [0.2, 0.25) is 0 Å². The van der Waals surface area contributed by atoms with Gasteiger partial charge < -0.3 is 4.74 Å². The summed E-state index contributed by atoms with van der Waals surface area (Å²) >= 11 is 0. The van der Waals surface area contributed by atoms with Crippen LogP contribution < -0.4 is 0 Å². The van der Waals surface area contributed by atoms with Gasteiger partial charge in [-0.2, -0.15) is 0 Å². The molecule has 0 aromatic rings. The third kappa shape index (κ3) is 5.70.